The lowest BCUT2D eigenvalue weighted by Crippen LogP contribution is -2.48. The highest BCUT2D eigenvalue weighted by atomic mass is 16.5. The first kappa shape index (κ1) is 15.4. The lowest BCUT2D eigenvalue weighted by Gasteiger charge is -2.37. The molecule has 7 heteroatoms. The summed E-state index contributed by atoms with van der Waals surface area (Å²) in [5, 5.41) is 3.98. The van der Waals surface area contributed by atoms with Crippen LogP contribution in [0.1, 0.15) is 36.9 Å². The van der Waals surface area contributed by atoms with Crippen molar-refractivity contribution in [1.29, 1.82) is 0 Å². The van der Waals surface area contributed by atoms with E-state index >= 15 is 0 Å². The van der Waals surface area contributed by atoms with Gasteiger partial charge in [-0.3, -0.25) is 4.79 Å². The molecule has 1 saturated heterocycles. The molecule has 2 fully saturated rings. The molecule has 3 rings (SSSR count). The molecule has 0 unspecified atom stereocenters. The van der Waals surface area contributed by atoms with Gasteiger partial charge in [0, 0.05) is 33.2 Å². The van der Waals surface area contributed by atoms with Gasteiger partial charge in [0.15, 0.2) is 5.82 Å². The lowest BCUT2D eigenvalue weighted by molar-refractivity contribution is -0.136. The van der Waals surface area contributed by atoms with E-state index in [-0.39, 0.29) is 11.8 Å². The number of nitrogens with zero attached hydrogens (tertiary/aromatic N) is 3. The first-order valence-electron chi connectivity index (χ1n) is 7.93. The average molecular weight is 309 g/mol. The Hall–Kier alpha value is -1.47. The van der Waals surface area contributed by atoms with Crippen LogP contribution in [0.4, 0.5) is 0 Å². The molecule has 1 aliphatic carbocycles. The second kappa shape index (κ2) is 7.19. The van der Waals surface area contributed by atoms with Crippen LogP contribution in [0, 0.1) is 5.92 Å². The predicted octanol–water partition coefficient (Wildman–Crippen LogP) is 1.00. The zero-order valence-corrected chi connectivity index (χ0v) is 13.0. The number of carbonyl (C=O) groups excluding carboxylic acids is 1. The molecule has 1 aliphatic heterocycles. The zero-order valence-electron chi connectivity index (χ0n) is 13.0. The van der Waals surface area contributed by atoms with Crippen molar-refractivity contribution < 1.29 is 18.8 Å². The molecule has 1 amide bonds. The highest BCUT2D eigenvalue weighted by molar-refractivity contribution is 5.77. The predicted molar refractivity (Wildman–Crippen MR) is 77.4 cm³/mol. The van der Waals surface area contributed by atoms with Crippen molar-refractivity contribution in [3.05, 3.63) is 11.7 Å². The second-order valence-corrected chi connectivity index (χ2v) is 6.06. The van der Waals surface area contributed by atoms with E-state index in [0.29, 0.717) is 50.9 Å². The molecule has 22 heavy (non-hydrogen) atoms. The number of hydrogen-bond donors (Lipinski definition) is 0. The summed E-state index contributed by atoms with van der Waals surface area (Å²) in [5.41, 5.74) is 0. The third kappa shape index (κ3) is 4.04. The van der Waals surface area contributed by atoms with E-state index in [9.17, 15) is 4.79 Å². The Morgan fingerprint density at radius 3 is 2.91 bits per heavy atom. The number of carbonyl (C=O) groups is 1. The molecule has 7 nitrogen and oxygen atoms in total. The maximum Gasteiger partial charge on any atom is 0.233 e. The Morgan fingerprint density at radius 2 is 2.18 bits per heavy atom. The molecule has 2 aliphatic rings. The van der Waals surface area contributed by atoms with Crippen molar-refractivity contribution in [1.82, 2.24) is 15.0 Å². The molecule has 0 aromatic carbocycles. The normalized spacial score (nSPS) is 18.5. The average Bonchev–Trinajstić information content (AvgIpc) is 3.18. The van der Waals surface area contributed by atoms with Crippen LogP contribution >= 0.6 is 0 Å². The maximum atomic E-state index is 11.8. The van der Waals surface area contributed by atoms with Gasteiger partial charge in [0.1, 0.15) is 0 Å². The van der Waals surface area contributed by atoms with E-state index in [1.165, 1.54) is 12.8 Å². The number of hydrogen-bond acceptors (Lipinski definition) is 6. The topological polar surface area (TPSA) is 77.7 Å². The highest BCUT2D eigenvalue weighted by Gasteiger charge is 2.35. The van der Waals surface area contributed by atoms with Gasteiger partial charge in [-0.15, -0.1) is 0 Å². The van der Waals surface area contributed by atoms with Crippen molar-refractivity contribution in [2.45, 2.75) is 31.6 Å². The van der Waals surface area contributed by atoms with Crippen LogP contribution in [0.3, 0.4) is 0 Å². The van der Waals surface area contributed by atoms with Crippen LogP contribution in [-0.2, 0) is 20.7 Å². The van der Waals surface area contributed by atoms with Gasteiger partial charge in [-0.25, -0.2) is 0 Å². The van der Waals surface area contributed by atoms with Crippen molar-refractivity contribution in [2.24, 2.45) is 5.92 Å². The fourth-order valence-electron chi connectivity index (χ4n) is 2.42. The van der Waals surface area contributed by atoms with E-state index < -0.39 is 0 Å². The summed E-state index contributed by atoms with van der Waals surface area (Å²) in [6.07, 6.45) is 3.71. The fraction of sp³-hybridized carbons (Fsp3) is 0.800. The van der Waals surface area contributed by atoms with Crippen LogP contribution in [0.15, 0.2) is 4.52 Å². The summed E-state index contributed by atoms with van der Waals surface area (Å²) < 4.78 is 15.8. The van der Waals surface area contributed by atoms with Gasteiger partial charge >= 0.3 is 0 Å². The highest BCUT2D eigenvalue weighted by Crippen LogP contribution is 2.29. The molecule has 0 bridgehead atoms. The minimum atomic E-state index is 0.117. The summed E-state index contributed by atoms with van der Waals surface area (Å²) >= 11 is 0. The Kier molecular flexibility index (Phi) is 5.04. The number of rotatable bonds is 9. The molecule has 0 spiro atoms. The smallest absolute Gasteiger partial charge is 0.233 e. The van der Waals surface area contributed by atoms with Crippen LogP contribution in [-0.4, -0.2) is 61.0 Å². The number of methoxy groups -OCH3 is 1. The summed E-state index contributed by atoms with van der Waals surface area (Å²) in [6, 6.07) is 0. The minimum absolute atomic E-state index is 0.117. The zero-order chi connectivity index (χ0) is 15.4. The van der Waals surface area contributed by atoms with Gasteiger partial charge < -0.3 is 18.9 Å². The molecule has 122 valence electrons. The first-order chi connectivity index (χ1) is 10.8. The molecule has 2 heterocycles. The molecule has 1 aromatic rings. The number of ether oxygens (including phenoxy) is 2. The van der Waals surface area contributed by atoms with E-state index in [4.69, 9.17) is 14.0 Å². The quantitative estimate of drug-likeness (QED) is 0.633. The third-order valence-corrected chi connectivity index (χ3v) is 4.11. The summed E-state index contributed by atoms with van der Waals surface area (Å²) in [4.78, 5) is 18.0. The molecule has 0 N–H and O–H groups in total. The molecule has 1 saturated carbocycles. The monoisotopic (exact) mass is 309 g/mol. The van der Waals surface area contributed by atoms with Gasteiger partial charge in [0.2, 0.25) is 11.8 Å². The number of aromatic nitrogens is 2. The minimum Gasteiger partial charge on any atom is -0.384 e. The Morgan fingerprint density at radius 1 is 1.36 bits per heavy atom. The summed E-state index contributed by atoms with van der Waals surface area (Å²) in [6.45, 7) is 3.27. The summed E-state index contributed by atoms with van der Waals surface area (Å²) in [5.74, 6) is 2.38. The first-order valence-corrected chi connectivity index (χ1v) is 7.93. The maximum absolute atomic E-state index is 11.8. The Labute approximate surface area is 129 Å². The van der Waals surface area contributed by atoms with Gasteiger partial charge in [-0.2, -0.15) is 4.98 Å². The summed E-state index contributed by atoms with van der Waals surface area (Å²) in [7, 11) is 1.60. The van der Waals surface area contributed by atoms with Crippen LogP contribution < -0.4 is 0 Å². The van der Waals surface area contributed by atoms with Gasteiger partial charge in [0.05, 0.1) is 25.6 Å². The number of amides is 1. The van der Waals surface area contributed by atoms with Crippen molar-refractivity contribution in [3.8, 4) is 0 Å². The third-order valence-electron chi connectivity index (χ3n) is 4.11. The molecule has 0 radical (unpaired) electrons. The van der Waals surface area contributed by atoms with Crippen molar-refractivity contribution in [3.63, 3.8) is 0 Å². The van der Waals surface area contributed by atoms with Gasteiger partial charge in [-0.1, -0.05) is 5.16 Å². The molecule has 1 aromatic heterocycles. The van der Waals surface area contributed by atoms with Gasteiger partial charge in [-0.05, 0) is 18.8 Å². The fourth-order valence-corrected chi connectivity index (χ4v) is 2.42. The second-order valence-electron chi connectivity index (χ2n) is 6.06. The lowest BCUT2D eigenvalue weighted by atomic mass is 10.00. The van der Waals surface area contributed by atoms with Crippen molar-refractivity contribution >= 4 is 5.91 Å². The van der Waals surface area contributed by atoms with Gasteiger partial charge in [0.25, 0.3) is 0 Å². The van der Waals surface area contributed by atoms with Crippen LogP contribution in [0.5, 0.6) is 0 Å². The van der Waals surface area contributed by atoms with E-state index in [2.05, 4.69) is 10.1 Å². The SMILES string of the molecule is COCCC(=O)N1CC(c2nc(CCOCC3CC3)no2)C1. The van der Waals surface area contributed by atoms with E-state index in [0.717, 1.165) is 12.5 Å². The molecular weight excluding hydrogens is 286 g/mol. The van der Waals surface area contributed by atoms with Crippen molar-refractivity contribution in [2.75, 3.05) is 40.0 Å². The molecule has 0 atom stereocenters. The van der Waals surface area contributed by atoms with E-state index in [1.807, 2.05) is 0 Å². The Balaban J connectivity index is 1.36. The van der Waals surface area contributed by atoms with Crippen LogP contribution in [0.25, 0.3) is 0 Å². The van der Waals surface area contributed by atoms with Crippen LogP contribution in [0.2, 0.25) is 0 Å². The van der Waals surface area contributed by atoms with E-state index in [1.54, 1.807) is 12.0 Å². The number of likely N-dealkylation sites (tertiary alicyclic amines) is 1. The molecular formula is C15H23N3O4. The Bertz CT molecular complexity index is 495. The standard InChI is InChI=1S/C15H23N3O4/c1-20-6-5-14(19)18-8-12(9-18)15-16-13(17-22-15)4-7-21-10-11-2-3-11/h11-12H,2-10H2,1H3. The largest absolute Gasteiger partial charge is 0.384 e.